The first kappa shape index (κ1) is 24.6. The predicted molar refractivity (Wildman–Crippen MR) is 137 cm³/mol. The fourth-order valence-corrected chi connectivity index (χ4v) is 6.57. The highest BCUT2D eigenvalue weighted by Crippen LogP contribution is 2.47. The second-order valence-corrected chi connectivity index (χ2v) is 12.3. The van der Waals surface area contributed by atoms with E-state index in [9.17, 15) is 18.0 Å². The molecule has 36 heavy (non-hydrogen) atoms. The van der Waals surface area contributed by atoms with Gasteiger partial charge in [0.25, 0.3) is 0 Å². The van der Waals surface area contributed by atoms with Crippen molar-refractivity contribution in [1.29, 1.82) is 0 Å². The summed E-state index contributed by atoms with van der Waals surface area (Å²) in [6.07, 6.45) is 5.29. The van der Waals surface area contributed by atoms with E-state index in [1.54, 1.807) is 46.5 Å². The van der Waals surface area contributed by atoms with Crippen LogP contribution in [0.15, 0.2) is 53.8 Å². The Morgan fingerprint density at radius 1 is 1.22 bits per heavy atom. The van der Waals surface area contributed by atoms with E-state index in [1.807, 2.05) is 0 Å². The number of carbonyl (C=O) groups is 2. The lowest BCUT2D eigenvalue weighted by Crippen LogP contribution is -2.41. The number of nitrogens with zero attached hydrogens (tertiary/aromatic N) is 4. The lowest BCUT2D eigenvalue weighted by molar-refractivity contribution is -0.127. The molecule has 2 aromatic heterocycles. The Labute approximate surface area is 217 Å². The standard InChI is InChI=1S/C23H23ClN6O4S2/c1-15(31)29-8-6-23(13-29)14-30(22(32)28-21-26-12-20(24)35-21)19-5-4-17(9-18(19)23)36(33,34)27-11-16-3-2-7-25-10-16/h2-5,7,9-10,12,27H,6,8,11,13-14H2,1H3,(H,26,28,32). The smallest absolute Gasteiger partial charge is 0.328 e. The number of urea groups is 1. The zero-order valence-corrected chi connectivity index (χ0v) is 21.7. The van der Waals surface area contributed by atoms with E-state index in [2.05, 4.69) is 20.0 Å². The zero-order valence-electron chi connectivity index (χ0n) is 19.3. The predicted octanol–water partition coefficient (Wildman–Crippen LogP) is 3.21. The average molecular weight is 547 g/mol. The largest absolute Gasteiger partial charge is 0.342 e. The highest BCUT2D eigenvalue weighted by Gasteiger charge is 2.50. The summed E-state index contributed by atoms with van der Waals surface area (Å²) in [5, 5.41) is 3.13. The molecule has 188 valence electrons. The SMILES string of the molecule is CC(=O)N1CCC2(C1)CN(C(=O)Nc1ncc(Cl)s1)c1ccc(S(=O)(=O)NCc3cccnc3)cc12. The number of amides is 3. The molecule has 0 radical (unpaired) electrons. The zero-order chi connectivity index (χ0) is 25.5. The molecule has 0 aliphatic carbocycles. The Balaban J connectivity index is 1.47. The van der Waals surface area contributed by atoms with Crippen molar-refractivity contribution < 1.29 is 18.0 Å². The van der Waals surface area contributed by atoms with E-state index in [4.69, 9.17) is 11.6 Å². The van der Waals surface area contributed by atoms with E-state index < -0.39 is 21.5 Å². The molecule has 3 aromatic rings. The Morgan fingerprint density at radius 2 is 2.06 bits per heavy atom. The number of hydrogen-bond acceptors (Lipinski definition) is 7. The summed E-state index contributed by atoms with van der Waals surface area (Å²) < 4.78 is 29.3. The number of likely N-dealkylation sites (tertiary alicyclic amines) is 1. The molecule has 10 nitrogen and oxygen atoms in total. The van der Waals surface area contributed by atoms with Crippen LogP contribution in [0, 0.1) is 0 Å². The summed E-state index contributed by atoms with van der Waals surface area (Å²) in [4.78, 5) is 36.8. The van der Waals surface area contributed by atoms with Crippen molar-refractivity contribution in [3.05, 3.63) is 64.4 Å². The molecule has 1 atom stereocenters. The van der Waals surface area contributed by atoms with Crippen molar-refractivity contribution in [3.63, 3.8) is 0 Å². The van der Waals surface area contributed by atoms with Crippen LogP contribution in [0.25, 0.3) is 0 Å². The molecule has 4 heterocycles. The summed E-state index contributed by atoms with van der Waals surface area (Å²) in [5.74, 6) is -0.0596. The minimum absolute atomic E-state index is 0.0596. The molecule has 1 unspecified atom stereocenters. The molecule has 1 spiro atoms. The number of pyridine rings is 1. The molecule has 2 N–H and O–H groups in total. The lowest BCUT2D eigenvalue weighted by Gasteiger charge is -2.25. The molecule has 0 saturated carbocycles. The van der Waals surface area contributed by atoms with Crippen LogP contribution in [0.1, 0.15) is 24.5 Å². The number of carbonyl (C=O) groups excluding carboxylic acids is 2. The van der Waals surface area contributed by atoms with Crippen molar-refractivity contribution in [3.8, 4) is 0 Å². The number of halogens is 1. The minimum atomic E-state index is -3.84. The molecule has 1 fully saturated rings. The maximum absolute atomic E-state index is 13.2. The Hall–Kier alpha value is -3.06. The van der Waals surface area contributed by atoms with Gasteiger partial charge in [0.05, 0.1) is 11.1 Å². The van der Waals surface area contributed by atoms with Crippen LogP contribution in [0.4, 0.5) is 15.6 Å². The fraction of sp³-hybridized carbons (Fsp3) is 0.304. The van der Waals surface area contributed by atoms with Gasteiger partial charge in [-0.3, -0.25) is 20.0 Å². The molecule has 1 saturated heterocycles. The molecule has 2 aliphatic heterocycles. The number of rotatable bonds is 5. The maximum atomic E-state index is 13.2. The first-order valence-electron chi connectivity index (χ1n) is 11.2. The molecule has 5 rings (SSSR count). The molecule has 3 amide bonds. The van der Waals surface area contributed by atoms with Crippen molar-refractivity contribution in [2.75, 3.05) is 29.9 Å². The Bertz CT molecular complexity index is 1430. The monoisotopic (exact) mass is 546 g/mol. The molecule has 13 heteroatoms. The summed E-state index contributed by atoms with van der Waals surface area (Å²) in [5.41, 5.74) is 1.49. The van der Waals surface area contributed by atoms with Gasteiger partial charge in [0, 0.05) is 56.6 Å². The molecule has 1 aromatic carbocycles. The molecular weight excluding hydrogens is 524 g/mol. The van der Waals surface area contributed by atoms with Crippen LogP contribution in [0.3, 0.4) is 0 Å². The fourth-order valence-electron chi connectivity index (χ4n) is 4.72. The van der Waals surface area contributed by atoms with Gasteiger partial charge < -0.3 is 4.90 Å². The maximum Gasteiger partial charge on any atom is 0.328 e. The number of hydrogen-bond donors (Lipinski definition) is 2. The van der Waals surface area contributed by atoms with Crippen LogP contribution in [0.5, 0.6) is 0 Å². The first-order valence-corrected chi connectivity index (χ1v) is 13.8. The number of thiazole rings is 1. The highest BCUT2D eigenvalue weighted by molar-refractivity contribution is 7.89. The van der Waals surface area contributed by atoms with E-state index in [-0.39, 0.29) is 17.3 Å². The van der Waals surface area contributed by atoms with Gasteiger partial charge in [-0.1, -0.05) is 29.0 Å². The molecule has 2 aliphatic rings. The van der Waals surface area contributed by atoms with Gasteiger partial charge in [-0.2, -0.15) is 0 Å². The van der Waals surface area contributed by atoms with Crippen LogP contribution in [0.2, 0.25) is 4.34 Å². The Kier molecular flexibility index (Phi) is 6.45. The topological polar surface area (TPSA) is 125 Å². The van der Waals surface area contributed by atoms with E-state index in [0.29, 0.717) is 41.2 Å². The highest BCUT2D eigenvalue weighted by atomic mass is 35.5. The van der Waals surface area contributed by atoms with Gasteiger partial charge in [0.1, 0.15) is 4.34 Å². The summed E-state index contributed by atoms with van der Waals surface area (Å²) in [7, 11) is -3.84. The van der Waals surface area contributed by atoms with Gasteiger partial charge in [-0.05, 0) is 41.8 Å². The summed E-state index contributed by atoms with van der Waals surface area (Å²) in [6, 6.07) is 7.88. The van der Waals surface area contributed by atoms with Crippen LogP contribution < -0.4 is 14.9 Å². The Morgan fingerprint density at radius 3 is 2.72 bits per heavy atom. The third kappa shape index (κ3) is 4.69. The van der Waals surface area contributed by atoms with Gasteiger partial charge >= 0.3 is 6.03 Å². The van der Waals surface area contributed by atoms with Crippen LogP contribution in [-0.2, 0) is 26.8 Å². The number of anilines is 2. The number of fused-ring (bicyclic) bond motifs is 2. The van der Waals surface area contributed by atoms with Crippen molar-refractivity contribution in [1.82, 2.24) is 19.6 Å². The molecular formula is C23H23ClN6O4S2. The van der Waals surface area contributed by atoms with Crippen molar-refractivity contribution in [2.45, 2.75) is 30.2 Å². The number of benzene rings is 1. The molecule has 0 bridgehead atoms. The van der Waals surface area contributed by atoms with Crippen molar-refractivity contribution >= 4 is 55.7 Å². The minimum Gasteiger partial charge on any atom is -0.342 e. The normalized spacial score (nSPS) is 19.1. The average Bonchev–Trinajstić information content (AvgIpc) is 3.56. The van der Waals surface area contributed by atoms with E-state index in [0.717, 1.165) is 22.5 Å². The number of nitrogens with one attached hydrogen (secondary N) is 2. The summed E-state index contributed by atoms with van der Waals surface area (Å²) in [6.45, 7) is 2.84. The van der Waals surface area contributed by atoms with E-state index in [1.165, 1.54) is 19.2 Å². The van der Waals surface area contributed by atoms with Gasteiger partial charge in [-0.15, -0.1) is 0 Å². The third-order valence-electron chi connectivity index (χ3n) is 6.53. The quantitative estimate of drug-likeness (QED) is 0.506. The third-order valence-corrected chi connectivity index (χ3v) is 8.96. The van der Waals surface area contributed by atoms with Crippen LogP contribution in [-0.4, -0.2) is 54.9 Å². The van der Waals surface area contributed by atoms with Gasteiger partial charge in [0.15, 0.2) is 5.13 Å². The number of sulfonamides is 1. The summed E-state index contributed by atoms with van der Waals surface area (Å²) >= 11 is 7.09. The second kappa shape index (κ2) is 9.43. The number of aromatic nitrogens is 2. The van der Waals surface area contributed by atoms with Crippen molar-refractivity contribution in [2.24, 2.45) is 0 Å². The van der Waals surface area contributed by atoms with Gasteiger partial charge in [-0.25, -0.2) is 22.9 Å². The lowest BCUT2D eigenvalue weighted by atomic mass is 9.81. The van der Waals surface area contributed by atoms with Crippen LogP contribution >= 0.6 is 22.9 Å². The van der Waals surface area contributed by atoms with E-state index >= 15 is 0 Å². The van der Waals surface area contributed by atoms with Gasteiger partial charge in [0.2, 0.25) is 15.9 Å². The first-order chi connectivity index (χ1) is 17.2. The second-order valence-electron chi connectivity index (χ2n) is 8.82.